The van der Waals surface area contributed by atoms with Gasteiger partial charge in [-0.15, -0.1) is 0 Å². The first-order valence-electron chi connectivity index (χ1n) is 6.68. The molecule has 1 N–H and O–H groups in total. The van der Waals surface area contributed by atoms with Crippen molar-refractivity contribution in [2.75, 3.05) is 7.11 Å². The van der Waals surface area contributed by atoms with Crippen LogP contribution in [-0.2, 0) is 6.61 Å². The van der Waals surface area contributed by atoms with Gasteiger partial charge in [0.2, 0.25) is 0 Å². The Balaban J connectivity index is 1.74. The number of hydrogen-bond donors (Lipinski definition) is 1. The van der Waals surface area contributed by atoms with Crippen LogP contribution in [0.5, 0.6) is 11.5 Å². The SMILES string of the molecule is COc1ccc(OCc2cc3ccc(C(=O)O)cc3o2)cc1. The fourth-order valence-corrected chi connectivity index (χ4v) is 2.12. The van der Waals surface area contributed by atoms with E-state index in [-0.39, 0.29) is 12.2 Å². The van der Waals surface area contributed by atoms with Crippen LogP contribution in [-0.4, -0.2) is 18.2 Å². The molecular formula is C17H14O5. The standard InChI is InChI=1S/C17H14O5/c1-20-13-4-6-14(7-5-13)21-10-15-8-11-2-3-12(17(18)19)9-16(11)22-15/h2-9H,10H2,1H3,(H,18,19). The first kappa shape index (κ1) is 14.0. The molecule has 0 bridgehead atoms. The van der Waals surface area contributed by atoms with E-state index in [0.717, 1.165) is 11.1 Å². The number of hydrogen-bond acceptors (Lipinski definition) is 4. The Morgan fingerprint density at radius 1 is 1.09 bits per heavy atom. The van der Waals surface area contributed by atoms with Gasteiger partial charge in [-0.25, -0.2) is 4.79 Å². The molecule has 0 radical (unpaired) electrons. The Morgan fingerprint density at radius 3 is 2.50 bits per heavy atom. The molecule has 0 aliphatic carbocycles. The summed E-state index contributed by atoms with van der Waals surface area (Å²) in [6, 6.07) is 13.9. The van der Waals surface area contributed by atoms with Gasteiger partial charge in [-0.05, 0) is 42.5 Å². The first-order chi connectivity index (χ1) is 10.7. The van der Waals surface area contributed by atoms with E-state index < -0.39 is 5.97 Å². The summed E-state index contributed by atoms with van der Waals surface area (Å²) in [6.45, 7) is 0.267. The van der Waals surface area contributed by atoms with E-state index in [4.69, 9.17) is 19.0 Å². The molecule has 3 rings (SSSR count). The summed E-state index contributed by atoms with van der Waals surface area (Å²) in [5, 5.41) is 9.81. The van der Waals surface area contributed by atoms with Gasteiger partial charge in [0.25, 0.3) is 0 Å². The van der Waals surface area contributed by atoms with Crippen molar-refractivity contribution >= 4 is 16.9 Å². The number of methoxy groups -OCH3 is 1. The van der Waals surface area contributed by atoms with Crippen LogP contribution in [0.3, 0.4) is 0 Å². The molecule has 22 heavy (non-hydrogen) atoms. The van der Waals surface area contributed by atoms with Crippen LogP contribution in [0.4, 0.5) is 0 Å². The first-order valence-corrected chi connectivity index (χ1v) is 6.68. The second-order valence-electron chi connectivity index (χ2n) is 4.73. The maximum atomic E-state index is 10.9. The van der Waals surface area contributed by atoms with E-state index in [1.54, 1.807) is 19.2 Å². The van der Waals surface area contributed by atoms with Gasteiger partial charge in [-0.3, -0.25) is 0 Å². The topological polar surface area (TPSA) is 68.9 Å². The van der Waals surface area contributed by atoms with Crippen molar-refractivity contribution in [2.24, 2.45) is 0 Å². The average Bonchev–Trinajstić information content (AvgIpc) is 2.95. The van der Waals surface area contributed by atoms with Crippen LogP contribution in [0, 0.1) is 0 Å². The summed E-state index contributed by atoms with van der Waals surface area (Å²) in [7, 11) is 1.61. The van der Waals surface area contributed by atoms with Gasteiger partial charge in [0.1, 0.15) is 29.4 Å². The van der Waals surface area contributed by atoms with E-state index in [1.165, 1.54) is 6.07 Å². The second kappa shape index (κ2) is 5.81. The minimum absolute atomic E-state index is 0.199. The van der Waals surface area contributed by atoms with Gasteiger partial charge >= 0.3 is 5.97 Å². The van der Waals surface area contributed by atoms with Gasteiger partial charge in [0, 0.05) is 5.39 Å². The zero-order valence-electron chi connectivity index (χ0n) is 11.9. The van der Waals surface area contributed by atoms with Gasteiger partial charge in [-0.2, -0.15) is 0 Å². The molecule has 0 saturated carbocycles. The van der Waals surface area contributed by atoms with E-state index in [2.05, 4.69) is 0 Å². The number of aromatic carboxylic acids is 1. The maximum Gasteiger partial charge on any atom is 0.335 e. The summed E-state index contributed by atoms with van der Waals surface area (Å²) in [4.78, 5) is 10.9. The molecule has 0 amide bonds. The lowest BCUT2D eigenvalue weighted by atomic mass is 10.2. The summed E-state index contributed by atoms with van der Waals surface area (Å²) < 4.78 is 16.3. The summed E-state index contributed by atoms with van der Waals surface area (Å²) in [6.07, 6.45) is 0. The van der Waals surface area contributed by atoms with E-state index in [1.807, 2.05) is 30.3 Å². The quantitative estimate of drug-likeness (QED) is 0.777. The smallest absolute Gasteiger partial charge is 0.335 e. The lowest BCUT2D eigenvalue weighted by Crippen LogP contribution is -1.94. The largest absolute Gasteiger partial charge is 0.497 e. The molecule has 0 saturated heterocycles. The van der Waals surface area contributed by atoms with Crippen molar-refractivity contribution in [3.05, 3.63) is 59.9 Å². The predicted octanol–water partition coefficient (Wildman–Crippen LogP) is 3.72. The highest BCUT2D eigenvalue weighted by atomic mass is 16.5. The highest BCUT2D eigenvalue weighted by molar-refractivity contribution is 5.92. The fraction of sp³-hybridized carbons (Fsp3) is 0.118. The van der Waals surface area contributed by atoms with Crippen molar-refractivity contribution in [1.29, 1.82) is 0 Å². The molecule has 0 spiro atoms. The molecule has 2 aromatic carbocycles. The van der Waals surface area contributed by atoms with Crippen LogP contribution < -0.4 is 9.47 Å². The number of rotatable bonds is 5. The van der Waals surface area contributed by atoms with Crippen molar-refractivity contribution in [3.8, 4) is 11.5 Å². The molecule has 5 nitrogen and oxygen atoms in total. The molecular weight excluding hydrogens is 284 g/mol. The molecule has 3 aromatic rings. The Labute approximate surface area is 126 Å². The van der Waals surface area contributed by atoms with Crippen LogP contribution in [0.25, 0.3) is 11.0 Å². The van der Waals surface area contributed by atoms with E-state index in [0.29, 0.717) is 17.1 Å². The van der Waals surface area contributed by atoms with Crippen LogP contribution >= 0.6 is 0 Å². The number of benzene rings is 2. The van der Waals surface area contributed by atoms with Gasteiger partial charge in [0.15, 0.2) is 0 Å². The van der Waals surface area contributed by atoms with Gasteiger partial charge < -0.3 is 19.0 Å². The van der Waals surface area contributed by atoms with E-state index >= 15 is 0 Å². The lowest BCUT2D eigenvalue weighted by molar-refractivity contribution is 0.0697. The van der Waals surface area contributed by atoms with Gasteiger partial charge in [0.05, 0.1) is 12.7 Å². The third-order valence-corrected chi connectivity index (χ3v) is 3.26. The molecule has 0 fully saturated rings. The molecule has 1 aromatic heterocycles. The number of fused-ring (bicyclic) bond motifs is 1. The molecule has 0 unspecified atom stereocenters. The zero-order valence-corrected chi connectivity index (χ0v) is 11.9. The predicted molar refractivity (Wildman–Crippen MR) is 80.5 cm³/mol. The Bertz CT molecular complexity index is 802. The summed E-state index contributed by atoms with van der Waals surface area (Å²) in [5.41, 5.74) is 0.734. The minimum atomic E-state index is -0.977. The molecule has 1 heterocycles. The van der Waals surface area contributed by atoms with Gasteiger partial charge in [-0.1, -0.05) is 6.07 Å². The third-order valence-electron chi connectivity index (χ3n) is 3.26. The second-order valence-corrected chi connectivity index (χ2v) is 4.73. The minimum Gasteiger partial charge on any atom is -0.497 e. The van der Waals surface area contributed by atoms with Crippen molar-refractivity contribution in [2.45, 2.75) is 6.61 Å². The number of carboxylic acid groups (broad SMARTS) is 1. The van der Waals surface area contributed by atoms with Crippen LogP contribution in [0.15, 0.2) is 52.9 Å². The number of carbonyl (C=O) groups is 1. The molecule has 0 atom stereocenters. The maximum absolute atomic E-state index is 10.9. The fourth-order valence-electron chi connectivity index (χ4n) is 2.12. The van der Waals surface area contributed by atoms with Crippen molar-refractivity contribution in [3.63, 3.8) is 0 Å². The summed E-state index contributed by atoms with van der Waals surface area (Å²) >= 11 is 0. The highest BCUT2D eigenvalue weighted by Gasteiger charge is 2.09. The van der Waals surface area contributed by atoms with E-state index in [9.17, 15) is 4.79 Å². The molecule has 5 heteroatoms. The van der Waals surface area contributed by atoms with Crippen molar-refractivity contribution in [1.82, 2.24) is 0 Å². The number of carboxylic acids is 1. The summed E-state index contributed by atoms with van der Waals surface area (Å²) in [5.74, 6) is 1.12. The normalized spacial score (nSPS) is 10.6. The zero-order chi connectivity index (χ0) is 15.5. The third kappa shape index (κ3) is 2.88. The Kier molecular flexibility index (Phi) is 3.70. The van der Waals surface area contributed by atoms with Crippen LogP contribution in [0.1, 0.15) is 16.1 Å². The Morgan fingerprint density at radius 2 is 1.82 bits per heavy atom. The lowest BCUT2D eigenvalue weighted by Gasteiger charge is -2.05. The molecule has 0 aliphatic rings. The molecule has 0 aliphatic heterocycles. The average molecular weight is 298 g/mol. The van der Waals surface area contributed by atoms with Crippen LogP contribution in [0.2, 0.25) is 0 Å². The molecule has 112 valence electrons. The Hall–Kier alpha value is -2.95. The van der Waals surface area contributed by atoms with Crippen molar-refractivity contribution < 1.29 is 23.8 Å². The monoisotopic (exact) mass is 298 g/mol. The number of furan rings is 1. The highest BCUT2D eigenvalue weighted by Crippen LogP contribution is 2.23. The number of ether oxygens (including phenoxy) is 2.